The average molecular weight is 519 g/mol. The molecule has 0 amide bonds. The Kier molecular flexibility index (Phi) is 5.40. The fraction of sp³-hybridized carbons (Fsp3) is 0.219. The molecule has 3 atom stereocenters. The molecule has 0 fully saturated rings. The van der Waals surface area contributed by atoms with E-state index in [1.807, 2.05) is 54.6 Å². The predicted molar refractivity (Wildman–Crippen MR) is 146 cm³/mol. The van der Waals surface area contributed by atoms with E-state index in [2.05, 4.69) is 29.4 Å². The van der Waals surface area contributed by atoms with E-state index in [0.29, 0.717) is 23.5 Å². The van der Waals surface area contributed by atoms with Crippen LogP contribution in [-0.2, 0) is 14.3 Å². The van der Waals surface area contributed by atoms with Crippen LogP contribution in [0, 0.1) is 12.8 Å². The van der Waals surface area contributed by atoms with Gasteiger partial charge in [-0.3, -0.25) is 14.6 Å². The van der Waals surface area contributed by atoms with Crippen LogP contribution in [-0.4, -0.2) is 30.6 Å². The molecule has 7 rings (SSSR count). The van der Waals surface area contributed by atoms with Crippen molar-refractivity contribution in [3.63, 3.8) is 0 Å². The van der Waals surface area contributed by atoms with Gasteiger partial charge in [-0.05, 0) is 65.9 Å². The third-order valence-corrected chi connectivity index (χ3v) is 8.17. The highest BCUT2D eigenvalue weighted by Gasteiger charge is 2.48. The smallest absolute Gasteiger partial charge is 0.317 e. The molecule has 3 unspecified atom stereocenters. The number of hydrogen-bond donors (Lipinski definition) is 1. The van der Waals surface area contributed by atoms with Crippen LogP contribution in [0.5, 0.6) is 11.5 Å². The van der Waals surface area contributed by atoms with E-state index in [9.17, 15) is 9.59 Å². The highest BCUT2D eigenvalue weighted by molar-refractivity contribution is 6.13. The summed E-state index contributed by atoms with van der Waals surface area (Å²) in [5.74, 6) is -1.27. The molecule has 3 aromatic carbocycles. The molecular weight excluding hydrogens is 492 g/mol. The monoisotopic (exact) mass is 518 g/mol. The van der Waals surface area contributed by atoms with Crippen molar-refractivity contribution in [1.29, 1.82) is 0 Å². The lowest BCUT2D eigenvalue weighted by Gasteiger charge is -2.40. The molecule has 1 aliphatic carbocycles. The van der Waals surface area contributed by atoms with Crippen LogP contribution in [0.1, 0.15) is 40.5 Å². The molecule has 194 valence electrons. The highest BCUT2D eigenvalue weighted by atomic mass is 16.7. The zero-order valence-electron chi connectivity index (χ0n) is 21.6. The first-order valence-electron chi connectivity index (χ1n) is 13.0. The van der Waals surface area contributed by atoms with Crippen LogP contribution in [0.4, 0.5) is 5.69 Å². The first-order chi connectivity index (χ1) is 19.0. The van der Waals surface area contributed by atoms with E-state index in [1.54, 1.807) is 6.20 Å². The standard InChI is InChI=1S/C32H26N2O5/c1-17-6-3-4-7-19(17)28-27-20-8-5-13-33-22(20)10-11-23(27)34-24-15-21(29(32(36)37-2)31(35)30(24)28)18-9-12-25-26(14-18)39-16-38-25/h3-14,21,28-29,34H,15-16H2,1-2H3. The minimum Gasteiger partial charge on any atom is -0.468 e. The number of ketones is 1. The molecule has 4 aromatic rings. The van der Waals surface area contributed by atoms with E-state index < -0.39 is 17.8 Å². The second-order valence-electron chi connectivity index (χ2n) is 10.2. The fourth-order valence-corrected chi connectivity index (χ4v) is 6.36. The molecule has 3 aliphatic rings. The number of ether oxygens (including phenoxy) is 3. The Balaban J connectivity index is 1.45. The van der Waals surface area contributed by atoms with Crippen molar-refractivity contribution in [3.05, 3.63) is 106 Å². The molecule has 7 heteroatoms. The van der Waals surface area contributed by atoms with Crippen LogP contribution in [0.25, 0.3) is 10.9 Å². The van der Waals surface area contributed by atoms with Gasteiger partial charge in [0.25, 0.3) is 0 Å². The van der Waals surface area contributed by atoms with Gasteiger partial charge in [-0.15, -0.1) is 0 Å². The van der Waals surface area contributed by atoms with Crippen molar-refractivity contribution in [2.75, 3.05) is 19.2 Å². The van der Waals surface area contributed by atoms with Crippen molar-refractivity contribution in [1.82, 2.24) is 4.98 Å². The Morgan fingerprint density at radius 3 is 2.72 bits per heavy atom. The van der Waals surface area contributed by atoms with Gasteiger partial charge < -0.3 is 19.5 Å². The summed E-state index contributed by atoms with van der Waals surface area (Å²) in [4.78, 5) is 32.4. The second-order valence-corrected chi connectivity index (χ2v) is 10.2. The quantitative estimate of drug-likeness (QED) is 0.278. The Hall–Kier alpha value is -4.65. The Labute approximate surface area is 225 Å². The zero-order chi connectivity index (χ0) is 26.7. The summed E-state index contributed by atoms with van der Waals surface area (Å²) in [5, 5.41) is 4.57. The maximum Gasteiger partial charge on any atom is 0.317 e. The number of aryl methyl sites for hydroxylation is 1. The molecule has 0 bridgehead atoms. The minimum absolute atomic E-state index is 0.150. The number of nitrogens with one attached hydrogen (secondary N) is 1. The van der Waals surface area contributed by atoms with Crippen molar-refractivity contribution < 1.29 is 23.8 Å². The number of anilines is 1. The molecule has 1 aromatic heterocycles. The van der Waals surface area contributed by atoms with E-state index >= 15 is 0 Å². The predicted octanol–water partition coefficient (Wildman–Crippen LogP) is 5.63. The number of methoxy groups -OCH3 is 1. The molecule has 0 saturated heterocycles. The maximum atomic E-state index is 14.5. The van der Waals surface area contributed by atoms with Crippen molar-refractivity contribution in [3.8, 4) is 11.5 Å². The Bertz CT molecular complexity index is 1710. The number of hydrogen-bond acceptors (Lipinski definition) is 7. The molecule has 3 heterocycles. The lowest BCUT2D eigenvalue weighted by atomic mass is 9.66. The molecule has 1 N–H and O–H groups in total. The molecule has 0 radical (unpaired) electrons. The molecule has 7 nitrogen and oxygen atoms in total. The lowest BCUT2D eigenvalue weighted by molar-refractivity contribution is -0.149. The van der Waals surface area contributed by atoms with Gasteiger partial charge in [-0.25, -0.2) is 0 Å². The Morgan fingerprint density at radius 1 is 1.03 bits per heavy atom. The second kappa shape index (κ2) is 8.98. The number of aromatic nitrogens is 1. The van der Waals surface area contributed by atoms with Crippen LogP contribution < -0.4 is 14.8 Å². The number of esters is 1. The lowest BCUT2D eigenvalue weighted by Crippen LogP contribution is -2.40. The van der Waals surface area contributed by atoms with Crippen molar-refractivity contribution >= 4 is 28.3 Å². The van der Waals surface area contributed by atoms with Crippen LogP contribution in [0.15, 0.2) is 84.2 Å². The number of benzene rings is 3. The molecule has 0 spiro atoms. The van der Waals surface area contributed by atoms with E-state index in [1.165, 1.54) is 7.11 Å². The van der Waals surface area contributed by atoms with E-state index in [-0.39, 0.29) is 18.5 Å². The normalized spacial score (nSPS) is 21.3. The maximum absolute atomic E-state index is 14.5. The molecular formula is C32H26N2O5. The van der Waals surface area contributed by atoms with Gasteiger partial charge in [0, 0.05) is 40.4 Å². The number of carbonyl (C=O) groups excluding carboxylic acids is 2. The zero-order valence-corrected chi connectivity index (χ0v) is 21.6. The number of Topliss-reactive ketones (excluding diaryl/α,β-unsaturated/α-hetero) is 1. The summed E-state index contributed by atoms with van der Waals surface area (Å²) in [6.07, 6.45) is 2.24. The summed E-state index contributed by atoms with van der Waals surface area (Å²) < 4.78 is 16.3. The van der Waals surface area contributed by atoms with Gasteiger partial charge in [-0.1, -0.05) is 36.4 Å². The van der Waals surface area contributed by atoms with Crippen molar-refractivity contribution in [2.45, 2.75) is 25.2 Å². The summed E-state index contributed by atoms with van der Waals surface area (Å²) in [6, 6.07) is 21.7. The highest BCUT2D eigenvalue weighted by Crippen LogP contribution is 2.52. The minimum atomic E-state index is -0.989. The number of fused-ring (bicyclic) bond motifs is 4. The number of nitrogens with zero attached hydrogens (tertiary/aromatic N) is 1. The van der Waals surface area contributed by atoms with Gasteiger partial charge in [0.1, 0.15) is 5.92 Å². The summed E-state index contributed by atoms with van der Waals surface area (Å²) in [5.41, 5.74) is 7.16. The SMILES string of the molecule is COC(=O)C1C(=O)C2=C(CC1c1ccc3c(c1)OCO3)Nc1ccc3ncccc3c1C2c1ccccc1C. The van der Waals surface area contributed by atoms with Gasteiger partial charge in [0.2, 0.25) is 6.79 Å². The van der Waals surface area contributed by atoms with Gasteiger partial charge >= 0.3 is 5.97 Å². The third-order valence-electron chi connectivity index (χ3n) is 8.17. The number of pyridine rings is 1. The van der Waals surface area contributed by atoms with Gasteiger partial charge in [0.15, 0.2) is 17.3 Å². The van der Waals surface area contributed by atoms with Crippen LogP contribution in [0.2, 0.25) is 0 Å². The first kappa shape index (κ1) is 23.5. The summed E-state index contributed by atoms with van der Waals surface area (Å²) in [6.45, 7) is 2.21. The number of carbonyl (C=O) groups is 2. The largest absolute Gasteiger partial charge is 0.468 e. The van der Waals surface area contributed by atoms with E-state index in [0.717, 1.165) is 44.5 Å². The third kappa shape index (κ3) is 3.61. The fourth-order valence-electron chi connectivity index (χ4n) is 6.36. The molecule has 2 aliphatic heterocycles. The van der Waals surface area contributed by atoms with Gasteiger partial charge in [-0.2, -0.15) is 0 Å². The molecule has 0 saturated carbocycles. The first-order valence-corrected chi connectivity index (χ1v) is 13.0. The van der Waals surface area contributed by atoms with Crippen molar-refractivity contribution in [2.24, 2.45) is 5.92 Å². The average Bonchev–Trinajstić information content (AvgIpc) is 3.44. The van der Waals surface area contributed by atoms with Crippen LogP contribution >= 0.6 is 0 Å². The van der Waals surface area contributed by atoms with Crippen LogP contribution in [0.3, 0.4) is 0 Å². The molecule has 39 heavy (non-hydrogen) atoms. The van der Waals surface area contributed by atoms with E-state index in [4.69, 9.17) is 14.2 Å². The topological polar surface area (TPSA) is 86.8 Å². The summed E-state index contributed by atoms with van der Waals surface area (Å²) in [7, 11) is 1.34. The summed E-state index contributed by atoms with van der Waals surface area (Å²) >= 11 is 0. The number of allylic oxidation sites excluding steroid dienone is 2. The number of rotatable bonds is 3. The van der Waals surface area contributed by atoms with Gasteiger partial charge in [0.05, 0.1) is 12.6 Å². The Morgan fingerprint density at radius 2 is 1.87 bits per heavy atom.